The molecule has 5 aromatic rings. The van der Waals surface area contributed by atoms with Crippen LogP contribution in [0.2, 0.25) is 10.0 Å². The van der Waals surface area contributed by atoms with Crippen LogP contribution in [0.5, 0.6) is 0 Å². The van der Waals surface area contributed by atoms with Crippen LogP contribution >= 0.6 is 23.2 Å². The van der Waals surface area contributed by atoms with E-state index in [9.17, 15) is 9.59 Å². The molecule has 7 rings (SSSR count). The molecule has 10 heteroatoms. The van der Waals surface area contributed by atoms with Crippen LogP contribution in [0.3, 0.4) is 0 Å². The molecule has 8 nitrogen and oxygen atoms in total. The zero-order valence-electron chi connectivity index (χ0n) is 26.1. The summed E-state index contributed by atoms with van der Waals surface area (Å²) < 4.78 is 0. The molecular weight excluding hydrogens is 619 g/mol. The lowest BCUT2D eigenvalue weighted by molar-refractivity contribution is -0.123. The third kappa shape index (κ3) is 7.15. The first-order valence-corrected chi connectivity index (χ1v) is 16.5. The van der Waals surface area contributed by atoms with E-state index in [1.165, 1.54) is 36.9 Å². The highest BCUT2D eigenvalue weighted by molar-refractivity contribution is 6.39. The van der Waals surface area contributed by atoms with Crippen molar-refractivity contribution in [2.24, 2.45) is 5.73 Å². The Morgan fingerprint density at radius 2 is 1.72 bits per heavy atom. The van der Waals surface area contributed by atoms with E-state index in [0.717, 1.165) is 35.2 Å². The van der Waals surface area contributed by atoms with Crippen LogP contribution in [-0.4, -0.2) is 26.1 Å². The molecule has 3 heterocycles. The van der Waals surface area contributed by atoms with Gasteiger partial charge in [-0.3, -0.25) is 19.6 Å². The number of amides is 1. The summed E-state index contributed by atoms with van der Waals surface area (Å²) in [4.78, 5) is 34.0. The SMILES string of the molecule is CC.NCc1n[nH]c(=O)c2ccc(C3(C(=O)NCc4ccc(-c5c(Cl)cccc5Cl)cn4)CC3)cc12.c1cnc2c(c1)CCCC2. The zero-order chi connectivity index (χ0) is 32.7. The predicted molar refractivity (Wildman–Crippen MR) is 185 cm³/mol. The van der Waals surface area contributed by atoms with Gasteiger partial charge in [0.15, 0.2) is 0 Å². The molecule has 238 valence electrons. The highest BCUT2D eigenvalue weighted by atomic mass is 35.5. The smallest absolute Gasteiger partial charge is 0.272 e. The Morgan fingerprint density at radius 1 is 0.957 bits per heavy atom. The standard InChI is InChI=1S/C25H21Cl2N5O2.C9H11N.C2H6/c26-19-2-1-3-20(27)22(19)14-4-6-16(29-12-14)13-30-24(34)25(8-9-25)15-5-7-17-18(10-15)21(11-28)31-32-23(17)33;1-2-6-9-8(4-1)5-3-7-10-9;1-2/h1-7,10,12H,8-9,11,13,28H2,(H,30,34)(H,32,33);3,5,7H,1-2,4,6H2;1-2H3. The quantitative estimate of drug-likeness (QED) is 0.179. The van der Waals surface area contributed by atoms with Gasteiger partial charge in [-0.1, -0.05) is 61.3 Å². The van der Waals surface area contributed by atoms with Crippen LogP contribution in [0.25, 0.3) is 21.9 Å². The van der Waals surface area contributed by atoms with Gasteiger partial charge in [0.05, 0.1) is 28.7 Å². The monoisotopic (exact) mass is 656 g/mol. The first-order chi connectivity index (χ1) is 22.4. The fourth-order valence-electron chi connectivity index (χ4n) is 5.77. The highest BCUT2D eigenvalue weighted by Crippen LogP contribution is 2.49. The Hall–Kier alpha value is -4.11. The van der Waals surface area contributed by atoms with E-state index >= 15 is 0 Å². The molecule has 4 N–H and O–H groups in total. The Kier molecular flexibility index (Phi) is 10.8. The number of fused-ring (bicyclic) bond motifs is 2. The van der Waals surface area contributed by atoms with Gasteiger partial charge in [0.2, 0.25) is 5.91 Å². The van der Waals surface area contributed by atoms with Crippen LogP contribution in [0.1, 0.15) is 67.7 Å². The van der Waals surface area contributed by atoms with E-state index in [0.29, 0.717) is 33.1 Å². The molecule has 2 aliphatic rings. The van der Waals surface area contributed by atoms with Gasteiger partial charge in [-0.2, -0.15) is 5.10 Å². The summed E-state index contributed by atoms with van der Waals surface area (Å²) in [6.07, 6.45) is 10.2. The van der Waals surface area contributed by atoms with Crippen molar-refractivity contribution in [1.82, 2.24) is 25.5 Å². The second kappa shape index (κ2) is 15.0. The minimum absolute atomic E-state index is 0.0704. The van der Waals surface area contributed by atoms with Crippen LogP contribution in [-0.2, 0) is 36.1 Å². The third-order valence-corrected chi connectivity index (χ3v) is 9.03. The molecule has 0 atom stereocenters. The summed E-state index contributed by atoms with van der Waals surface area (Å²) in [6, 6.07) is 18.7. The van der Waals surface area contributed by atoms with Crippen molar-refractivity contribution in [2.75, 3.05) is 0 Å². The fourth-order valence-corrected chi connectivity index (χ4v) is 6.38. The molecule has 0 radical (unpaired) electrons. The molecular formula is C36H38Cl2N6O2. The number of hydrogen-bond donors (Lipinski definition) is 3. The van der Waals surface area contributed by atoms with Crippen LogP contribution < -0.4 is 16.6 Å². The van der Waals surface area contributed by atoms with Crippen molar-refractivity contribution < 1.29 is 4.79 Å². The summed E-state index contributed by atoms with van der Waals surface area (Å²) in [5.41, 5.74) is 11.4. The number of aromatic amines is 1. The maximum atomic E-state index is 13.2. The van der Waals surface area contributed by atoms with Gasteiger partial charge in [-0.15, -0.1) is 0 Å². The number of nitrogens with two attached hydrogens (primary N) is 1. The number of hydrogen-bond acceptors (Lipinski definition) is 6. The Morgan fingerprint density at radius 3 is 2.39 bits per heavy atom. The summed E-state index contributed by atoms with van der Waals surface area (Å²) in [5.74, 6) is -0.0704. The molecule has 0 aliphatic heterocycles. The molecule has 2 aromatic carbocycles. The van der Waals surface area contributed by atoms with Gasteiger partial charge < -0.3 is 11.1 Å². The van der Waals surface area contributed by atoms with Gasteiger partial charge in [-0.05, 0) is 86.1 Å². The number of carbonyl (C=O) groups is 1. The summed E-state index contributed by atoms with van der Waals surface area (Å²) in [6.45, 7) is 4.48. The van der Waals surface area contributed by atoms with Gasteiger partial charge in [0.25, 0.3) is 5.56 Å². The number of nitrogens with one attached hydrogen (secondary N) is 2. The molecule has 1 saturated carbocycles. The highest BCUT2D eigenvalue weighted by Gasteiger charge is 2.51. The summed E-state index contributed by atoms with van der Waals surface area (Å²) >= 11 is 12.6. The van der Waals surface area contributed by atoms with Crippen molar-refractivity contribution >= 4 is 39.9 Å². The topological polar surface area (TPSA) is 127 Å². The number of benzene rings is 2. The first-order valence-electron chi connectivity index (χ1n) is 15.7. The molecule has 0 unspecified atom stereocenters. The Bertz CT molecular complexity index is 1840. The first kappa shape index (κ1) is 33.3. The lowest BCUT2D eigenvalue weighted by Gasteiger charge is -2.17. The number of nitrogens with zero attached hydrogens (tertiary/aromatic N) is 3. The van der Waals surface area contributed by atoms with E-state index < -0.39 is 5.41 Å². The molecule has 0 saturated heterocycles. The van der Waals surface area contributed by atoms with Crippen LogP contribution in [0.4, 0.5) is 0 Å². The van der Waals surface area contributed by atoms with E-state index in [1.54, 1.807) is 30.5 Å². The molecule has 0 bridgehead atoms. The molecule has 1 amide bonds. The van der Waals surface area contributed by atoms with Crippen LogP contribution in [0, 0.1) is 0 Å². The number of carbonyl (C=O) groups excluding carboxylic acids is 1. The largest absolute Gasteiger partial charge is 0.350 e. The van der Waals surface area contributed by atoms with Gasteiger partial charge in [-0.25, -0.2) is 5.10 Å². The number of halogens is 2. The number of rotatable bonds is 6. The number of H-pyrrole nitrogens is 1. The summed E-state index contributed by atoms with van der Waals surface area (Å²) in [5, 5.41) is 11.8. The van der Waals surface area contributed by atoms with E-state index in [-0.39, 0.29) is 18.0 Å². The second-order valence-electron chi connectivity index (χ2n) is 11.2. The number of pyridine rings is 2. The van der Waals surface area contributed by atoms with Crippen molar-refractivity contribution in [3.8, 4) is 11.1 Å². The van der Waals surface area contributed by atoms with Gasteiger partial charge in [0, 0.05) is 51.2 Å². The average Bonchev–Trinajstić information content (AvgIpc) is 3.91. The molecule has 1 fully saturated rings. The predicted octanol–water partition coefficient (Wildman–Crippen LogP) is 7.09. The summed E-state index contributed by atoms with van der Waals surface area (Å²) in [7, 11) is 0. The zero-order valence-corrected chi connectivity index (χ0v) is 27.6. The van der Waals surface area contributed by atoms with E-state index in [4.69, 9.17) is 28.9 Å². The minimum Gasteiger partial charge on any atom is -0.350 e. The maximum absolute atomic E-state index is 13.2. The lowest BCUT2D eigenvalue weighted by atomic mass is 9.92. The van der Waals surface area contributed by atoms with Crippen molar-refractivity contribution in [3.63, 3.8) is 0 Å². The minimum atomic E-state index is -0.617. The van der Waals surface area contributed by atoms with Crippen molar-refractivity contribution in [1.29, 1.82) is 0 Å². The fraction of sp³-hybridized carbons (Fsp3) is 0.306. The van der Waals surface area contributed by atoms with E-state index in [1.807, 2.05) is 50.4 Å². The molecule has 46 heavy (non-hydrogen) atoms. The van der Waals surface area contributed by atoms with Gasteiger partial charge >= 0.3 is 0 Å². The van der Waals surface area contributed by atoms with Crippen LogP contribution in [0.15, 0.2) is 77.9 Å². The lowest BCUT2D eigenvalue weighted by Crippen LogP contribution is -2.34. The normalized spacial score (nSPS) is 14.2. The average molecular weight is 658 g/mol. The third-order valence-electron chi connectivity index (χ3n) is 8.40. The molecule has 3 aromatic heterocycles. The molecule has 0 spiro atoms. The molecule has 2 aliphatic carbocycles. The Labute approximate surface area is 278 Å². The van der Waals surface area contributed by atoms with Crippen molar-refractivity contribution in [2.45, 2.75) is 70.9 Å². The maximum Gasteiger partial charge on any atom is 0.272 e. The van der Waals surface area contributed by atoms with E-state index in [2.05, 4.69) is 31.5 Å². The Balaban J connectivity index is 0.000000291. The number of aromatic nitrogens is 4. The second-order valence-corrected chi connectivity index (χ2v) is 12.0. The van der Waals surface area contributed by atoms with Crippen molar-refractivity contribution in [3.05, 3.63) is 122 Å². The number of aryl methyl sites for hydroxylation is 2. The van der Waals surface area contributed by atoms with Gasteiger partial charge in [0.1, 0.15) is 0 Å².